The van der Waals surface area contributed by atoms with Gasteiger partial charge in [0.05, 0.1) is 13.2 Å². The molecule has 1 heterocycles. The predicted molar refractivity (Wildman–Crippen MR) is 51.4 cm³/mol. The van der Waals surface area contributed by atoms with Gasteiger partial charge in [-0.05, 0) is 24.2 Å². The van der Waals surface area contributed by atoms with E-state index < -0.39 is 0 Å². The summed E-state index contributed by atoms with van der Waals surface area (Å²) in [5.41, 5.74) is 0.904. The van der Waals surface area contributed by atoms with E-state index in [1.807, 2.05) is 0 Å². The molecule has 0 atom stereocenters. The summed E-state index contributed by atoms with van der Waals surface area (Å²) in [5, 5.41) is 0. The highest BCUT2D eigenvalue weighted by molar-refractivity contribution is 5.02. The van der Waals surface area contributed by atoms with E-state index in [1.165, 1.54) is 12.8 Å². The zero-order valence-electron chi connectivity index (χ0n) is 8.93. The Kier molecular flexibility index (Phi) is 2.16. The third kappa shape index (κ3) is 1.50. The van der Waals surface area contributed by atoms with Gasteiger partial charge in [-0.2, -0.15) is 0 Å². The Bertz CT molecular complexity index is 184. The average molecular weight is 184 g/mol. The SMILES string of the molecule is CC(C)C1(C)CC2(COCOC2)C1. The average Bonchev–Trinajstić information content (AvgIpc) is 2.03. The second-order valence-electron chi connectivity index (χ2n) is 5.48. The molecule has 0 aromatic carbocycles. The second kappa shape index (κ2) is 2.96. The molecule has 0 aromatic rings. The van der Waals surface area contributed by atoms with Crippen LogP contribution >= 0.6 is 0 Å². The first kappa shape index (κ1) is 9.47. The Morgan fingerprint density at radius 1 is 1.08 bits per heavy atom. The van der Waals surface area contributed by atoms with Crippen LogP contribution in [-0.2, 0) is 9.47 Å². The van der Waals surface area contributed by atoms with E-state index in [1.54, 1.807) is 0 Å². The summed E-state index contributed by atoms with van der Waals surface area (Å²) < 4.78 is 10.8. The minimum atomic E-state index is 0.372. The predicted octanol–water partition coefficient (Wildman–Crippen LogP) is 2.43. The molecular formula is C11H20O2. The fraction of sp³-hybridized carbons (Fsp3) is 1.00. The Labute approximate surface area is 80.6 Å². The molecule has 0 radical (unpaired) electrons. The van der Waals surface area contributed by atoms with Crippen LogP contribution in [0.2, 0.25) is 0 Å². The highest BCUT2D eigenvalue weighted by atomic mass is 16.7. The van der Waals surface area contributed by atoms with Gasteiger partial charge >= 0.3 is 0 Å². The summed E-state index contributed by atoms with van der Waals surface area (Å²) in [5.74, 6) is 0.778. The van der Waals surface area contributed by atoms with Crippen LogP contribution in [0.15, 0.2) is 0 Å². The Balaban J connectivity index is 1.94. The van der Waals surface area contributed by atoms with Gasteiger partial charge in [0.25, 0.3) is 0 Å². The molecule has 1 saturated carbocycles. The molecule has 0 bridgehead atoms. The van der Waals surface area contributed by atoms with Crippen LogP contribution in [-0.4, -0.2) is 20.0 Å². The quantitative estimate of drug-likeness (QED) is 0.623. The van der Waals surface area contributed by atoms with Gasteiger partial charge in [-0.25, -0.2) is 0 Å². The molecule has 1 spiro atoms. The van der Waals surface area contributed by atoms with Crippen molar-refractivity contribution in [2.75, 3.05) is 20.0 Å². The minimum Gasteiger partial charge on any atom is -0.355 e. The highest BCUT2D eigenvalue weighted by Gasteiger charge is 2.54. The maximum Gasteiger partial charge on any atom is 0.146 e. The third-order valence-corrected chi connectivity index (χ3v) is 3.93. The molecule has 0 aromatic heterocycles. The van der Waals surface area contributed by atoms with E-state index in [-0.39, 0.29) is 0 Å². The Morgan fingerprint density at radius 2 is 1.62 bits per heavy atom. The molecule has 76 valence electrons. The van der Waals surface area contributed by atoms with Crippen LogP contribution in [0, 0.1) is 16.7 Å². The maximum absolute atomic E-state index is 5.38. The Morgan fingerprint density at radius 3 is 2.08 bits per heavy atom. The van der Waals surface area contributed by atoms with Crippen molar-refractivity contribution in [2.45, 2.75) is 33.6 Å². The van der Waals surface area contributed by atoms with E-state index in [4.69, 9.17) is 9.47 Å². The van der Waals surface area contributed by atoms with Crippen LogP contribution in [0.25, 0.3) is 0 Å². The first-order valence-corrected chi connectivity index (χ1v) is 5.22. The van der Waals surface area contributed by atoms with Crippen LogP contribution < -0.4 is 0 Å². The summed E-state index contributed by atoms with van der Waals surface area (Å²) >= 11 is 0. The van der Waals surface area contributed by atoms with Gasteiger partial charge in [0.1, 0.15) is 6.79 Å². The van der Waals surface area contributed by atoms with Gasteiger partial charge in [0, 0.05) is 5.41 Å². The molecule has 2 fully saturated rings. The van der Waals surface area contributed by atoms with Crippen LogP contribution in [0.4, 0.5) is 0 Å². The molecule has 0 N–H and O–H groups in total. The van der Waals surface area contributed by atoms with Crippen molar-refractivity contribution in [2.24, 2.45) is 16.7 Å². The lowest BCUT2D eigenvalue weighted by atomic mass is 9.50. The molecule has 0 amide bonds. The van der Waals surface area contributed by atoms with E-state index >= 15 is 0 Å². The van der Waals surface area contributed by atoms with Crippen molar-refractivity contribution in [1.82, 2.24) is 0 Å². The van der Waals surface area contributed by atoms with Crippen LogP contribution in [0.1, 0.15) is 33.6 Å². The third-order valence-electron chi connectivity index (χ3n) is 3.93. The van der Waals surface area contributed by atoms with Crippen molar-refractivity contribution in [3.8, 4) is 0 Å². The van der Waals surface area contributed by atoms with Gasteiger partial charge in [0.2, 0.25) is 0 Å². The maximum atomic E-state index is 5.38. The fourth-order valence-corrected chi connectivity index (χ4v) is 2.89. The Hall–Kier alpha value is -0.0800. The van der Waals surface area contributed by atoms with Crippen molar-refractivity contribution in [1.29, 1.82) is 0 Å². The second-order valence-corrected chi connectivity index (χ2v) is 5.48. The number of rotatable bonds is 1. The van der Waals surface area contributed by atoms with Crippen molar-refractivity contribution >= 4 is 0 Å². The zero-order chi connectivity index (χ0) is 9.53. The molecular weight excluding hydrogens is 164 g/mol. The van der Waals surface area contributed by atoms with Gasteiger partial charge < -0.3 is 9.47 Å². The molecule has 2 heteroatoms. The van der Waals surface area contributed by atoms with Gasteiger partial charge in [-0.15, -0.1) is 0 Å². The lowest BCUT2D eigenvalue weighted by molar-refractivity contribution is -0.225. The van der Waals surface area contributed by atoms with E-state index in [0.717, 1.165) is 19.1 Å². The van der Waals surface area contributed by atoms with Gasteiger partial charge in [-0.1, -0.05) is 20.8 Å². The zero-order valence-corrected chi connectivity index (χ0v) is 8.93. The molecule has 2 aliphatic rings. The summed E-state index contributed by atoms with van der Waals surface area (Å²) in [7, 11) is 0. The molecule has 1 aliphatic heterocycles. The standard InChI is InChI=1S/C11H20O2/c1-9(2)10(3)4-11(5-10)6-12-8-13-7-11/h9H,4-8H2,1-3H3. The summed E-state index contributed by atoms with van der Waals surface area (Å²) in [6.07, 6.45) is 2.55. The van der Waals surface area contributed by atoms with Crippen molar-refractivity contribution in [3.05, 3.63) is 0 Å². The summed E-state index contributed by atoms with van der Waals surface area (Å²) in [6, 6.07) is 0. The highest BCUT2D eigenvalue weighted by Crippen LogP contribution is 2.58. The number of ether oxygens (including phenoxy) is 2. The molecule has 1 aliphatic carbocycles. The van der Waals surface area contributed by atoms with Crippen molar-refractivity contribution in [3.63, 3.8) is 0 Å². The normalized spacial score (nSPS) is 30.5. The molecule has 2 nitrogen and oxygen atoms in total. The molecule has 2 rings (SSSR count). The number of hydrogen-bond acceptors (Lipinski definition) is 2. The van der Waals surface area contributed by atoms with E-state index in [2.05, 4.69) is 20.8 Å². The first-order valence-electron chi connectivity index (χ1n) is 5.22. The van der Waals surface area contributed by atoms with Gasteiger partial charge in [0.15, 0.2) is 0 Å². The van der Waals surface area contributed by atoms with E-state index in [9.17, 15) is 0 Å². The molecule has 1 saturated heterocycles. The minimum absolute atomic E-state index is 0.372. The fourth-order valence-electron chi connectivity index (χ4n) is 2.89. The van der Waals surface area contributed by atoms with Crippen molar-refractivity contribution < 1.29 is 9.47 Å². The summed E-state index contributed by atoms with van der Waals surface area (Å²) in [4.78, 5) is 0. The topological polar surface area (TPSA) is 18.5 Å². The monoisotopic (exact) mass is 184 g/mol. The first-order chi connectivity index (χ1) is 6.06. The number of hydrogen-bond donors (Lipinski definition) is 0. The lowest BCUT2D eigenvalue weighted by Crippen LogP contribution is -2.54. The van der Waals surface area contributed by atoms with Gasteiger partial charge in [-0.3, -0.25) is 0 Å². The molecule has 13 heavy (non-hydrogen) atoms. The molecule has 0 unspecified atom stereocenters. The van der Waals surface area contributed by atoms with E-state index in [0.29, 0.717) is 17.6 Å². The lowest BCUT2D eigenvalue weighted by Gasteiger charge is -2.57. The summed E-state index contributed by atoms with van der Waals surface area (Å²) in [6.45, 7) is 9.34. The van der Waals surface area contributed by atoms with Crippen LogP contribution in [0.5, 0.6) is 0 Å². The largest absolute Gasteiger partial charge is 0.355 e. The van der Waals surface area contributed by atoms with Crippen LogP contribution in [0.3, 0.4) is 0 Å². The smallest absolute Gasteiger partial charge is 0.146 e.